The van der Waals surface area contributed by atoms with Crippen molar-refractivity contribution in [3.8, 4) is 0 Å². The maximum atomic E-state index is 11.1. The summed E-state index contributed by atoms with van der Waals surface area (Å²) in [5.74, 6) is 0. The topological polar surface area (TPSA) is 72.2 Å². The summed E-state index contributed by atoms with van der Waals surface area (Å²) in [6.07, 6.45) is 6.80. The molecule has 0 saturated heterocycles. The first-order valence-corrected chi connectivity index (χ1v) is 7.19. The summed E-state index contributed by atoms with van der Waals surface area (Å²) in [5, 5.41) is 8.32. The maximum absolute atomic E-state index is 11.1. The van der Waals surface area contributed by atoms with Gasteiger partial charge in [0.25, 0.3) is 0 Å². The van der Waals surface area contributed by atoms with Crippen LogP contribution in [0.4, 0.5) is 5.69 Å². The summed E-state index contributed by atoms with van der Waals surface area (Å²) in [7, 11) is -3.60. The lowest BCUT2D eigenvalue weighted by atomic mass is 10.0. The second-order valence-electron chi connectivity index (χ2n) is 4.17. The number of primary sulfonamides is 1. The van der Waals surface area contributed by atoms with Crippen molar-refractivity contribution in [3.05, 3.63) is 36.0 Å². The standard InChI is InChI=1S/C12H16N2O2S/c13-17(15,16)12-8-6-11(7-9-12)14-10-4-2-1-3-5-10/h4,6-9,14H,1-3,5H2,(H2,13,15,16). The van der Waals surface area contributed by atoms with Gasteiger partial charge in [0, 0.05) is 11.4 Å². The third kappa shape index (κ3) is 3.31. The summed E-state index contributed by atoms with van der Waals surface area (Å²) < 4.78 is 22.2. The van der Waals surface area contributed by atoms with E-state index >= 15 is 0 Å². The number of nitrogens with one attached hydrogen (secondary N) is 1. The summed E-state index contributed by atoms with van der Waals surface area (Å²) in [5.41, 5.74) is 2.10. The molecule has 17 heavy (non-hydrogen) atoms. The van der Waals surface area contributed by atoms with E-state index in [1.165, 1.54) is 30.7 Å². The molecular formula is C12H16N2O2S. The van der Waals surface area contributed by atoms with Crippen molar-refractivity contribution >= 4 is 15.7 Å². The quantitative estimate of drug-likeness (QED) is 0.866. The fraction of sp³-hybridized carbons (Fsp3) is 0.333. The predicted octanol–water partition coefficient (Wildman–Crippen LogP) is 2.20. The van der Waals surface area contributed by atoms with Crippen molar-refractivity contribution in [1.82, 2.24) is 0 Å². The van der Waals surface area contributed by atoms with Gasteiger partial charge in [0.1, 0.15) is 0 Å². The van der Waals surface area contributed by atoms with Gasteiger partial charge in [-0.15, -0.1) is 0 Å². The number of sulfonamides is 1. The zero-order chi connectivity index (χ0) is 12.3. The average molecular weight is 252 g/mol. The van der Waals surface area contributed by atoms with Crippen LogP contribution in [0.1, 0.15) is 25.7 Å². The van der Waals surface area contributed by atoms with Crippen LogP contribution in [0.15, 0.2) is 40.9 Å². The van der Waals surface area contributed by atoms with Gasteiger partial charge < -0.3 is 5.32 Å². The number of hydrogen-bond acceptors (Lipinski definition) is 3. The molecule has 4 nitrogen and oxygen atoms in total. The molecule has 92 valence electrons. The van der Waals surface area contributed by atoms with Crippen molar-refractivity contribution < 1.29 is 8.42 Å². The summed E-state index contributed by atoms with van der Waals surface area (Å²) in [4.78, 5) is 0.140. The average Bonchev–Trinajstić information content (AvgIpc) is 2.30. The van der Waals surface area contributed by atoms with Crippen molar-refractivity contribution in [2.24, 2.45) is 5.14 Å². The molecule has 1 aromatic carbocycles. The minimum atomic E-state index is -3.60. The van der Waals surface area contributed by atoms with E-state index < -0.39 is 10.0 Å². The molecule has 0 heterocycles. The zero-order valence-corrected chi connectivity index (χ0v) is 10.3. The van der Waals surface area contributed by atoms with E-state index in [0.29, 0.717) is 0 Å². The Morgan fingerprint density at radius 2 is 1.82 bits per heavy atom. The molecule has 0 saturated carbocycles. The van der Waals surface area contributed by atoms with Gasteiger partial charge >= 0.3 is 0 Å². The Hall–Kier alpha value is -1.33. The van der Waals surface area contributed by atoms with Crippen molar-refractivity contribution in [2.75, 3.05) is 5.32 Å². The van der Waals surface area contributed by atoms with Crippen molar-refractivity contribution in [2.45, 2.75) is 30.6 Å². The summed E-state index contributed by atoms with van der Waals surface area (Å²) >= 11 is 0. The van der Waals surface area contributed by atoms with Gasteiger partial charge in [-0.25, -0.2) is 13.6 Å². The predicted molar refractivity (Wildman–Crippen MR) is 68.0 cm³/mol. The lowest BCUT2D eigenvalue weighted by molar-refractivity contribution is 0.598. The van der Waals surface area contributed by atoms with E-state index in [1.807, 2.05) is 0 Å². The SMILES string of the molecule is NS(=O)(=O)c1ccc(NC2=CCCCC2)cc1. The molecule has 0 bridgehead atoms. The third-order valence-electron chi connectivity index (χ3n) is 2.78. The monoisotopic (exact) mass is 252 g/mol. The molecule has 3 N–H and O–H groups in total. The van der Waals surface area contributed by atoms with E-state index in [-0.39, 0.29) is 4.90 Å². The van der Waals surface area contributed by atoms with Crippen LogP contribution in [0.3, 0.4) is 0 Å². The Balaban J connectivity index is 2.11. The van der Waals surface area contributed by atoms with E-state index in [4.69, 9.17) is 5.14 Å². The second kappa shape index (κ2) is 4.89. The molecule has 0 aromatic heterocycles. The molecule has 0 atom stereocenters. The highest BCUT2D eigenvalue weighted by Crippen LogP contribution is 2.20. The molecule has 1 aromatic rings. The van der Waals surface area contributed by atoms with Gasteiger partial charge in [0.2, 0.25) is 10.0 Å². The molecule has 0 radical (unpaired) electrons. The minimum Gasteiger partial charge on any atom is -0.359 e. The zero-order valence-electron chi connectivity index (χ0n) is 9.52. The van der Waals surface area contributed by atoms with Gasteiger partial charge in [-0.05, 0) is 49.9 Å². The first-order valence-electron chi connectivity index (χ1n) is 5.65. The number of hydrogen-bond donors (Lipinski definition) is 2. The smallest absolute Gasteiger partial charge is 0.238 e. The third-order valence-corrected chi connectivity index (χ3v) is 3.71. The first-order chi connectivity index (χ1) is 8.05. The number of anilines is 1. The number of allylic oxidation sites excluding steroid dienone is 2. The molecule has 5 heteroatoms. The van der Waals surface area contributed by atoms with Crippen LogP contribution in [0.5, 0.6) is 0 Å². The van der Waals surface area contributed by atoms with E-state index in [1.54, 1.807) is 12.1 Å². The van der Waals surface area contributed by atoms with Crippen LogP contribution in [-0.4, -0.2) is 8.42 Å². The van der Waals surface area contributed by atoms with Crippen LogP contribution >= 0.6 is 0 Å². The van der Waals surface area contributed by atoms with Crippen molar-refractivity contribution in [1.29, 1.82) is 0 Å². The first kappa shape index (κ1) is 12.1. The summed E-state index contributed by atoms with van der Waals surface area (Å²) in [6.45, 7) is 0. The molecule has 2 rings (SSSR count). The Bertz CT molecular complexity index is 518. The fourth-order valence-electron chi connectivity index (χ4n) is 1.87. The van der Waals surface area contributed by atoms with Crippen LogP contribution in [0, 0.1) is 0 Å². The highest BCUT2D eigenvalue weighted by Gasteiger charge is 2.07. The second-order valence-corrected chi connectivity index (χ2v) is 5.73. The molecule has 1 aliphatic rings. The van der Waals surface area contributed by atoms with E-state index in [2.05, 4.69) is 11.4 Å². The molecule has 0 aliphatic heterocycles. The van der Waals surface area contributed by atoms with Crippen molar-refractivity contribution in [3.63, 3.8) is 0 Å². The van der Waals surface area contributed by atoms with Crippen LogP contribution in [0.2, 0.25) is 0 Å². The molecule has 0 spiro atoms. The van der Waals surface area contributed by atoms with Gasteiger partial charge in [-0.2, -0.15) is 0 Å². The molecular weight excluding hydrogens is 236 g/mol. The molecule has 1 aliphatic carbocycles. The molecule has 0 fully saturated rings. The van der Waals surface area contributed by atoms with E-state index in [9.17, 15) is 8.42 Å². The fourth-order valence-corrected chi connectivity index (χ4v) is 2.38. The van der Waals surface area contributed by atoms with Crippen LogP contribution < -0.4 is 10.5 Å². The Kier molecular flexibility index (Phi) is 3.49. The van der Waals surface area contributed by atoms with E-state index in [0.717, 1.165) is 18.5 Å². The summed E-state index contributed by atoms with van der Waals surface area (Å²) in [6, 6.07) is 6.49. The van der Waals surface area contributed by atoms with Gasteiger partial charge in [-0.1, -0.05) is 6.08 Å². The van der Waals surface area contributed by atoms with Crippen LogP contribution in [-0.2, 0) is 10.0 Å². The number of rotatable bonds is 3. The highest BCUT2D eigenvalue weighted by atomic mass is 32.2. The molecule has 0 unspecified atom stereocenters. The largest absolute Gasteiger partial charge is 0.359 e. The lowest BCUT2D eigenvalue weighted by Gasteiger charge is -2.15. The van der Waals surface area contributed by atoms with Crippen LogP contribution in [0.25, 0.3) is 0 Å². The Labute approximate surface area is 102 Å². The Morgan fingerprint density at radius 3 is 2.35 bits per heavy atom. The number of benzene rings is 1. The maximum Gasteiger partial charge on any atom is 0.238 e. The van der Waals surface area contributed by atoms with Gasteiger partial charge in [0.15, 0.2) is 0 Å². The van der Waals surface area contributed by atoms with Gasteiger partial charge in [-0.3, -0.25) is 0 Å². The Morgan fingerprint density at radius 1 is 1.12 bits per heavy atom. The lowest BCUT2D eigenvalue weighted by Crippen LogP contribution is -2.12. The highest BCUT2D eigenvalue weighted by molar-refractivity contribution is 7.89. The minimum absolute atomic E-state index is 0.140. The normalized spacial score (nSPS) is 16.4. The van der Waals surface area contributed by atoms with Gasteiger partial charge in [0.05, 0.1) is 4.90 Å². The number of nitrogens with two attached hydrogens (primary N) is 1. The molecule has 0 amide bonds.